The van der Waals surface area contributed by atoms with Gasteiger partial charge in [-0.3, -0.25) is 14.4 Å². The number of anilines is 2. The number of nitrogens with one attached hydrogen (secondary N) is 1. The Morgan fingerprint density at radius 1 is 1.21 bits per heavy atom. The van der Waals surface area contributed by atoms with Crippen LogP contribution in [0.3, 0.4) is 0 Å². The highest BCUT2D eigenvalue weighted by Gasteiger charge is 2.36. The van der Waals surface area contributed by atoms with E-state index in [1.54, 1.807) is 22.7 Å². The number of para-hydroxylation sites is 1. The van der Waals surface area contributed by atoms with Crippen molar-refractivity contribution in [2.45, 2.75) is 18.2 Å². The molecule has 1 aliphatic rings. The van der Waals surface area contributed by atoms with Gasteiger partial charge in [0.15, 0.2) is 6.61 Å². The first-order chi connectivity index (χ1) is 13.5. The number of hydrogen-bond acceptors (Lipinski definition) is 5. The number of carbonyl (C=O) groups excluding carboxylic acids is 3. The van der Waals surface area contributed by atoms with Crippen LogP contribution in [-0.4, -0.2) is 37.2 Å². The van der Waals surface area contributed by atoms with E-state index in [4.69, 9.17) is 4.74 Å². The number of aryl methyl sites for hydroxylation is 1. The number of ether oxygens (including phenoxy) is 1. The number of benzene rings is 2. The average molecular weight is 398 g/mol. The van der Waals surface area contributed by atoms with Crippen molar-refractivity contribution in [3.63, 3.8) is 0 Å². The summed E-state index contributed by atoms with van der Waals surface area (Å²) in [5.74, 6) is -1.63. The SMILES string of the molecule is CSc1cccc(N2C[C@H](C(=O)OCC(=O)Nc3ccccc3C)CC2=O)c1. The molecule has 1 atom stereocenters. The van der Waals surface area contributed by atoms with Gasteiger partial charge in [-0.1, -0.05) is 24.3 Å². The summed E-state index contributed by atoms with van der Waals surface area (Å²) in [6.07, 6.45) is 2.05. The van der Waals surface area contributed by atoms with Crippen molar-refractivity contribution >= 4 is 40.9 Å². The Hall–Kier alpha value is -2.80. The van der Waals surface area contributed by atoms with E-state index < -0.39 is 17.8 Å². The van der Waals surface area contributed by atoms with Gasteiger partial charge < -0.3 is 15.0 Å². The van der Waals surface area contributed by atoms with Gasteiger partial charge in [0.25, 0.3) is 5.91 Å². The quantitative estimate of drug-likeness (QED) is 0.597. The summed E-state index contributed by atoms with van der Waals surface area (Å²) in [4.78, 5) is 39.3. The molecule has 0 aliphatic carbocycles. The van der Waals surface area contributed by atoms with Crippen molar-refractivity contribution in [2.75, 3.05) is 29.6 Å². The van der Waals surface area contributed by atoms with Gasteiger partial charge in [0, 0.05) is 29.2 Å². The number of carbonyl (C=O) groups is 3. The van der Waals surface area contributed by atoms with Crippen LogP contribution in [0.1, 0.15) is 12.0 Å². The monoisotopic (exact) mass is 398 g/mol. The third kappa shape index (κ3) is 4.72. The summed E-state index contributed by atoms with van der Waals surface area (Å²) in [5.41, 5.74) is 2.37. The second-order valence-corrected chi connectivity index (χ2v) is 7.46. The summed E-state index contributed by atoms with van der Waals surface area (Å²) in [7, 11) is 0. The Bertz CT molecular complexity index is 899. The Kier molecular flexibility index (Phi) is 6.36. The van der Waals surface area contributed by atoms with Crippen LogP contribution in [0.15, 0.2) is 53.4 Å². The van der Waals surface area contributed by atoms with Gasteiger partial charge in [-0.05, 0) is 43.0 Å². The van der Waals surface area contributed by atoms with Gasteiger partial charge in [0.2, 0.25) is 5.91 Å². The standard InChI is InChI=1S/C21H22N2O4S/c1-14-6-3-4-9-18(14)22-19(24)13-27-21(26)15-10-20(25)23(12-15)16-7-5-8-17(11-16)28-2/h3-9,11,15H,10,12-13H2,1-2H3,(H,22,24)/t15-/m1/s1. The molecule has 0 spiro atoms. The molecule has 0 unspecified atom stereocenters. The van der Waals surface area contributed by atoms with E-state index in [0.717, 1.165) is 16.1 Å². The van der Waals surface area contributed by atoms with Crippen LogP contribution in [0.4, 0.5) is 11.4 Å². The van der Waals surface area contributed by atoms with E-state index in [2.05, 4.69) is 5.32 Å². The van der Waals surface area contributed by atoms with Gasteiger partial charge in [-0.15, -0.1) is 11.8 Å². The minimum atomic E-state index is -0.573. The molecule has 6 nitrogen and oxygen atoms in total. The van der Waals surface area contributed by atoms with Crippen LogP contribution < -0.4 is 10.2 Å². The number of amides is 2. The molecule has 7 heteroatoms. The van der Waals surface area contributed by atoms with E-state index in [-0.39, 0.29) is 25.5 Å². The van der Waals surface area contributed by atoms with Crippen LogP contribution in [0, 0.1) is 12.8 Å². The zero-order chi connectivity index (χ0) is 20.1. The van der Waals surface area contributed by atoms with E-state index >= 15 is 0 Å². The van der Waals surface area contributed by atoms with Gasteiger partial charge in [0.05, 0.1) is 5.92 Å². The van der Waals surface area contributed by atoms with Crippen molar-refractivity contribution in [1.29, 1.82) is 0 Å². The predicted octanol–water partition coefficient (Wildman–Crippen LogP) is 3.25. The smallest absolute Gasteiger partial charge is 0.311 e. The maximum Gasteiger partial charge on any atom is 0.311 e. The van der Waals surface area contributed by atoms with Gasteiger partial charge >= 0.3 is 5.97 Å². The number of nitrogens with zero attached hydrogens (tertiary/aromatic N) is 1. The Labute approximate surface area is 168 Å². The molecule has 1 N–H and O–H groups in total. The molecule has 1 saturated heterocycles. The molecule has 2 amide bonds. The Balaban J connectivity index is 1.54. The molecule has 1 heterocycles. The summed E-state index contributed by atoms with van der Waals surface area (Å²) < 4.78 is 5.14. The molecule has 3 rings (SSSR count). The third-order valence-corrected chi connectivity index (χ3v) is 5.31. The highest BCUT2D eigenvalue weighted by atomic mass is 32.2. The van der Waals surface area contributed by atoms with Crippen molar-refractivity contribution in [3.8, 4) is 0 Å². The van der Waals surface area contributed by atoms with Crippen LogP contribution in [0.25, 0.3) is 0 Å². The summed E-state index contributed by atoms with van der Waals surface area (Å²) in [6, 6.07) is 15.0. The zero-order valence-electron chi connectivity index (χ0n) is 15.8. The van der Waals surface area contributed by atoms with Crippen molar-refractivity contribution in [3.05, 3.63) is 54.1 Å². The molecule has 146 valence electrons. The lowest BCUT2D eigenvalue weighted by atomic mass is 10.1. The minimum Gasteiger partial charge on any atom is -0.455 e. The van der Waals surface area contributed by atoms with E-state index in [9.17, 15) is 14.4 Å². The van der Waals surface area contributed by atoms with Crippen LogP contribution in [0.2, 0.25) is 0 Å². The van der Waals surface area contributed by atoms with Gasteiger partial charge in [-0.25, -0.2) is 0 Å². The van der Waals surface area contributed by atoms with Crippen molar-refractivity contribution in [2.24, 2.45) is 5.92 Å². The number of thioether (sulfide) groups is 1. The van der Waals surface area contributed by atoms with Gasteiger partial charge in [-0.2, -0.15) is 0 Å². The Morgan fingerprint density at radius 2 is 2.00 bits per heavy atom. The molecule has 1 fully saturated rings. The molecule has 2 aromatic carbocycles. The lowest BCUT2D eigenvalue weighted by Gasteiger charge is -2.17. The lowest BCUT2D eigenvalue weighted by Crippen LogP contribution is -2.28. The summed E-state index contributed by atoms with van der Waals surface area (Å²) in [6.45, 7) is 1.77. The van der Waals surface area contributed by atoms with Gasteiger partial charge in [0.1, 0.15) is 0 Å². The maximum absolute atomic E-state index is 12.3. The number of rotatable bonds is 6. The number of hydrogen-bond donors (Lipinski definition) is 1. The van der Waals surface area contributed by atoms with E-state index in [0.29, 0.717) is 5.69 Å². The summed E-state index contributed by atoms with van der Waals surface area (Å²) in [5, 5.41) is 2.72. The molecule has 28 heavy (non-hydrogen) atoms. The molecular formula is C21H22N2O4S. The molecule has 0 radical (unpaired) electrons. The molecule has 2 aromatic rings. The molecule has 0 bridgehead atoms. The fraction of sp³-hybridized carbons (Fsp3) is 0.286. The summed E-state index contributed by atoms with van der Waals surface area (Å²) >= 11 is 1.59. The predicted molar refractivity (Wildman–Crippen MR) is 109 cm³/mol. The first kappa shape index (κ1) is 19.9. The van der Waals surface area contributed by atoms with Crippen molar-refractivity contribution < 1.29 is 19.1 Å². The minimum absolute atomic E-state index is 0.0851. The second kappa shape index (κ2) is 8.93. The lowest BCUT2D eigenvalue weighted by molar-refractivity contribution is -0.151. The van der Waals surface area contributed by atoms with E-state index in [1.807, 2.05) is 55.6 Å². The fourth-order valence-corrected chi connectivity index (χ4v) is 3.50. The molecular weight excluding hydrogens is 376 g/mol. The normalized spacial score (nSPS) is 16.1. The van der Waals surface area contributed by atoms with Crippen LogP contribution >= 0.6 is 11.8 Å². The largest absolute Gasteiger partial charge is 0.455 e. The molecule has 1 aliphatic heterocycles. The first-order valence-electron chi connectivity index (χ1n) is 8.94. The van der Waals surface area contributed by atoms with Crippen LogP contribution in [0.5, 0.6) is 0 Å². The molecule has 0 saturated carbocycles. The average Bonchev–Trinajstić information content (AvgIpc) is 3.10. The zero-order valence-corrected chi connectivity index (χ0v) is 16.6. The number of esters is 1. The molecule has 0 aromatic heterocycles. The fourth-order valence-electron chi connectivity index (χ4n) is 3.05. The van der Waals surface area contributed by atoms with E-state index in [1.165, 1.54) is 0 Å². The van der Waals surface area contributed by atoms with Crippen molar-refractivity contribution in [1.82, 2.24) is 0 Å². The Morgan fingerprint density at radius 3 is 2.75 bits per heavy atom. The topological polar surface area (TPSA) is 75.7 Å². The van der Waals surface area contributed by atoms with Crippen LogP contribution in [-0.2, 0) is 19.1 Å². The highest BCUT2D eigenvalue weighted by molar-refractivity contribution is 7.98. The first-order valence-corrected chi connectivity index (χ1v) is 10.2. The second-order valence-electron chi connectivity index (χ2n) is 6.58. The highest BCUT2D eigenvalue weighted by Crippen LogP contribution is 2.28. The third-order valence-electron chi connectivity index (χ3n) is 4.59. The maximum atomic E-state index is 12.3.